The Balaban J connectivity index is 1.97. The van der Waals surface area contributed by atoms with E-state index >= 15 is 0 Å². The monoisotopic (exact) mass is 255 g/mol. The molecule has 2 rings (SSSR count). The van der Waals surface area contributed by atoms with Gasteiger partial charge in [0.05, 0.1) is 0 Å². The number of aryl methyl sites for hydroxylation is 1. The summed E-state index contributed by atoms with van der Waals surface area (Å²) >= 11 is 0. The van der Waals surface area contributed by atoms with E-state index in [0.717, 1.165) is 12.1 Å². The number of nitrogens with two attached hydrogens (primary N) is 1. The molecule has 0 saturated heterocycles. The summed E-state index contributed by atoms with van der Waals surface area (Å²) in [5, 5.41) is 2.53. The molecule has 0 aliphatic rings. The van der Waals surface area contributed by atoms with Crippen molar-refractivity contribution in [1.29, 1.82) is 0 Å². The maximum atomic E-state index is 6.13. The number of rotatable bonds is 7. The van der Waals surface area contributed by atoms with Crippen molar-refractivity contribution in [3.8, 4) is 0 Å². The van der Waals surface area contributed by atoms with Crippen LogP contribution in [0.5, 0.6) is 0 Å². The Morgan fingerprint density at radius 3 is 2.32 bits per heavy atom. The molecule has 0 aliphatic carbocycles. The van der Waals surface area contributed by atoms with Crippen molar-refractivity contribution in [2.45, 2.75) is 51.9 Å². The number of anilines is 1. The molecule has 0 heterocycles. The van der Waals surface area contributed by atoms with Crippen LogP contribution in [-0.4, -0.2) is 0 Å². The highest BCUT2D eigenvalue weighted by molar-refractivity contribution is 5.95. The van der Waals surface area contributed by atoms with Crippen LogP contribution in [0.1, 0.15) is 51.0 Å². The molecule has 2 N–H and O–H groups in total. The van der Waals surface area contributed by atoms with E-state index in [0.29, 0.717) is 0 Å². The van der Waals surface area contributed by atoms with Crippen molar-refractivity contribution in [3.05, 3.63) is 42.0 Å². The summed E-state index contributed by atoms with van der Waals surface area (Å²) < 4.78 is 0. The van der Waals surface area contributed by atoms with Crippen molar-refractivity contribution in [2.75, 3.05) is 5.73 Å². The Hall–Kier alpha value is -1.50. The summed E-state index contributed by atoms with van der Waals surface area (Å²) in [6, 6.07) is 12.7. The van der Waals surface area contributed by atoms with Crippen LogP contribution in [0.4, 0.5) is 5.69 Å². The molecule has 1 nitrogen and oxygen atoms in total. The predicted molar refractivity (Wildman–Crippen MR) is 85.4 cm³/mol. The molecule has 2 aromatic rings. The third-order valence-electron chi connectivity index (χ3n) is 3.82. The van der Waals surface area contributed by atoms with Gasteiger partial charge < -0.3 is 5.73 Å². The highest BCUT2D eigenvalue weighted by Gasteiger charge is 2.03. The minimum Gasteiger partial charge on any atom is -0.398 e. The van der Waals surface area contributed by atoms with E-state index in [2.05, 4.69) is 31.2 Å². The van der Waals surface area contributed by atoms with Crippen LogP contribution in [-0.2, 0) is 6.42 Å². The molecule has 102 valence electrons. The summed E-state index contributed by atoms with van der Waals surface area (Å²) in [4.78, 5) is 0. The standard InChI is InChI=1S/C18H25N/c1-2-3-4-5-6-7-10-15-11-8-12-16-13-9-14-17(19)18(15)16/h8-9,11-14H,2-7,10,19H2,1H3. The van der Waals surface area contributed by atoms with Crippen LogP contribution in [0.15, 0.2) is 36.4 Å². The first kappa shape index (κ1) is 13.9. The van der Waals surface area contributed by atoms with Gasteiger partial charge in [0, 0.05) is 11.1 Å². The molecule has 0 atom stereocenters. The van der Waals surface area contributed by atoms with E-state index in [1.807, 2.05) is 12.1 Å². The van der Waals surface area contributed by atoms with Crippen LogP contribution in [0.25, 0.3) is 10.8 Å². The minimum atomic E-state index is 0.916. The van der Waals surface area contributed by atoms with Gasteiger partial charge in [-0.3, -0.25) is 0 Å². The van der Waals surface area contributed by atoms with Gasteiger partial charge in [0.15, 0.2) is 0 Å². The molecule has 2 aromatic carbocycles. The summed E-state index contributed by atoms with van der Waals surface area (Å²) in [6.45, 7) is 2.26. The molecule has 0 aliphatic heterocycles. The molecule has 0 radical (unpaired) electrons. The maximum Gasteiger partial charge on any atom is 0.0396 e. The molecule has 0 unspecified atom stereocenters. The minimum absolute atomic E-state index is 0.916. The van der Waals surface area contributed by atoms with E-state index in [-0.39, 0.29) is 0 Å². The van der Waals surface area contributed by atoms with E-state index in [4.69, 9.17) is 5.73 Å². The fraction of sp³-hybridized carbons (Fsp3) is 0.444. The SMILES string of the molecule is CCCCCCCCc1cccc2cccc(N)c12. The first-order valence-corrected chi connectivity index (χ1v) is 7.59. The van der Waals surface area contributed by atoms with Gasteiger partial charge in [0.2, 0.25) is 0 Å². The van der Waals surface area contributed by atoms with Crippen LogP contribution in [0.3, 0.4) is 0 Å². The number of hydrogen-bond acceptors (Lipinski definition) is 1. The second kappa shape index (κ2) is 7.18. The lowest BCUT2D eigenvalue weighted by molar-refractivity contribution is 0.608. The van der Waals surface area contributed by atoms with Crippen LogP contribution in [0.2, 0.25) is 0 Å². The van der Waals surface area contributed by atoms with Crippen LogP contribution >= 0.6 is 0 Å². The van der Waals surface area contributed by atoms with E-state index in [9.17, 15) is 0 Å². The van der Waals surface area contributed by atoms with Gasteiger partial charge in [-0.25, -0.2) is 0 Å². The average molecular weight is 255 g/mol. The Kier molecular flexibility index (Phi) is 5.26. The second-order valence-electron chi connectivity index (χ2n) is 5.38. The molecule has 0 amide bonds. The Morgan fingerprint density at radius 2 is 1.53 bits per heavy atom. The largest absolute Gasteiger partial charge is 0.398 e. The zero-order valence-corrected chi connectivity index (χ0v) is 12.0. The van der Waals surface area contributed by atoms with Gasteiger partial charge in [-0.05, 0) is 29.9 Å². The number of benzene rings is 2. The topological polar surface area (TPSA) is 26.0 Å². The van der Waals surface area contributed by atoms with Gasteiger partial charge in [-0.2, -0.15) is 0 Å². The van der Waals surface area contributed by atoms with Gasteiger partial charge in [-0.1, -0.05) is 69.4 Å². The van der Waals surface area contributed by atoms with Crippen LogP contribution < -0.4 is 5.73 Å². The molecular weight excluding hydrogens is 230 g/mol. The van der Waals surface area contributed by atoms with E-state index in [1.54, 1.807) is 0 Å². The van der Waals surface area contributed by atoms with Crippen molar-refractivity contribution in [2.24, 2.45) is 0 Å². The quantitative estimate of drug-likeness (QED) is 0.525. The Morgan fingerprint density at radius 1 is 0.842 bits per heavy atom. The van der Waals surface area contributed by atoms with Crippen LogP contribution in [0, 0.1) is 0 Å². The highest BCUT2D eigenvalue weighted by Crippen LogP contribution is 2.26. The van der Waals surface area contributed by atoms with Crippen molar-refractivity contribution >= 4 is 16.5 Å². The second-order valence-corrected chi connectivity index (χ2v) is 5.38. The predicted octanol–water partition coefficient (Wildman–Crippen LogP) is 5.33. The fourth-order valence-electron chi connectivity index (χ4n) is 2.75. The average Bonchev–Trinajstić information content (AvgIpc) is 2.43. The van der Waals surface area contributed by atoms with Gasteiger partial charge >= 0.3 is 0 Å². The Labute approximate surface area is 116 Å². The number of hydrogen-bond donors (Lipinski definition) is 1. The van der Waals surface area contributed by atoms with Crippen molar-refractivity contribution in [3.63, 3.8) is 0 Å². The fourth-order valence-corrected chi connectivity index (χ4v) is 2.75. The first-order valence-electron chi connectivity index (χ1n) is 7.59. The summed E-state index contributed by atoms with van der Waals surface area (Å²) in [5.74, 6) is 0. The highest BCUT2D eigenvalue weighted by atomic mass is 14.5. The third-order valence-corrected chi connectivity index (χ3v) is 3.82. The van der Waals surface area contributed by atoms with Gasteiger partial charge in [0.1, 0.15) is 0 Å². The lowest BCUT2D eigenvalue weighted by Crippen LogP contribution is -1.93. The lowest BCUT2D eigenvalue weighted by atomic mass is 9.98. The molecule has 0 aromatic heterocycles. The smallest absolute Gasteiger partial charge is 0.0396 e. The summed E-state index contributed by atoms with van der Waals surface area (Å²) in [5.41, 5.74) is 8.45. The number of fused-ring (bicyclic) bond motifs is 1. The van der Waals surface area contributed by atoms with E-state index in [1.165, 1.54) is 54.9 Å². The van der Waals surface area contributed by atoms with Gasteiger partial charge in [-0.15, -0.1) is 0 Å². The van der Waals surface area contributed by atoms with Gasteiger partial charge in [0.25, 0.3) is 0 Å². The third kappa shape index (κ3) is 3.73. The molecule has 0 spiro atoms. The lowest BCUT2D eigenvalue weighted by Gasteiger charge is -2.09. The Bertz CT molecular complexity index is 511. The molecule has 0 saturated carbocycles. The summed E-state index contributed by atoms with van der Waals surface area (Å²) in [6.07, 6.45) is 9.21. The molecule has 0 bridgehead atoms. The van der Waals surface area contributed by atoms with E-state index < -0.39 is 0 Å². The number of nitrogen functional groups attached to an aromatic ring is 1. The molecule has 0 fully saturated rings. The first-order chi connectivity index (χ1) is 9.33. The van der Waals surface area contributed by atoms with Crippen molar-refractivity contribution in [1.82, 2.24) is 0 Å². The zero-order valence-electron chi connectivity index (χ0n) is 12.0. The normalized spacial score (nSPS) is 11.0. The number of unbranched alkanes of at least 4 members (excludes halogenated alkanes) is 5. The molecule has 19 heavy (non-hydrogen) atoms. The zero-order chi connectivity index (χ0) is 13.5. The maximum absolute atomic E-state index is 6.13. The molecule has 1 heteroatoms. The molecular formula is C18H25N. The summed E-state index contributed by atoms with van der Waals surface area (Å²) in [7, 11) is 0. The van der Waals surface area contributed by atoms with Crippen molar-refractivity contribution < 1.29 is 0 Å².